The molecular formula is C14H18Cl2N2O3S. The first-order chi connectivity index (χ1) is 10.3. The van der Waals surface area contributed by atoms with E-state index in [4.69, 9.17) is 23.2 Å². The summed E-state index contributed by atoms with van der Waals surface area (Å²) in [6.45, 7) is 3.29. The molecule has 1 aliphatic heterocycles. The Morgan fingerprint density at radius 2 is 1.86 bits per heavy atom. The molecule has 0 unspecified atom stereocenters. The number of nitrogens with zero attached hydrogens (tertiary/aromatic N) is 2. The lowest BCUT2D eigenvalue weighted by Gasteiger charge is -2.21. The molecular weight excluding hydrogens is 347 g/mol. The molecule has 1 amide bonds. The minimum Gasteiger partial charge on any atom is -0.337 e. The third kappa shape index (κ3) is 3.93. The smallest absolute Gasteiger partial charge is 0.253 e. The van der Waals surface area contributed by atoms with E-state index in [2.05, 4.69) is 0 Å². The highest BCUT2D eigenvalue weighted by atomic mass is 35.5. The maximum absolute atomic E-state index is 12.5. The second kappa shape index (κ2) is 7.17. The van der Waals surface area contributed by atoms with Crippen molar-refractivity contribution in [3.8, 4) is 0 Å². The van der Waals surface area contributed by atoms with E-state index < -0.39 is 10.0 Å². The first-order valence-electron chi connectivity index (χ1n) is 7.07. The van der Waals surface area contributed by atoms with Gasteiger partial charge < -0.3 is 4.90 Å². The van der Waals surface area contributed by atoms with Gasteiger partial charge in [-0.05, 0) is 31.5 Å². The Kier molecular flexibility index (Phi) is 5.71. The third-order valence-electron chi connectivity index (χ3n) is 3.67. The normalized spacial score (nSPS) is 17.3. The summed E-state index contributed by atoms with van der Waals surface area (Å²) in [5.41, 5.74) is 0.459. The lowest BCUT2D eigenvalue weighted by molar-refractivity contribution is 0.0764. The zero-order valence-electron chi connectivity index (χ0n) is 12.3. The SMILES string of the molecule is CCS(=O)(=O)N1CCCN(C(=O)c2ccc(Cl)c(Cl)c2)CC1. The third-order valence-corrected chi connectivity index (χ3v) is 6.29. The highest BCUT2D eigenvalue weighted by Gasteiger charge is 2.26. The molecule has 1 aliphatic rings. The molecule has 1 aromatic rings. The molecule has 22 heavy (non-hydrogen) atoms. The lowest BCUT2D eigenvalue weighted by Crippen LogP contribution is -2.37. The Morgan fingerprint density at radius 3 is 2.50 bits per heavy atom. The van der Waals surface area contributed by atoms with Gasteiger partial charge in [0, 0.05) is 31.7 Å². The fourth-order valence-corrected chi connectivity index (χ4v) is 3.80. The summed E-state index contributed by atoms with van der Waals surface area (Å²) in [6.07, 6.45) is 0.617. The summed E-state index contributed by atoms with van der Waals surface area (Å²) in [6, 6.07) is 4.75. The quantitative estimate of drug-likeness (QED) is 0.827. The van der Waals surface area contributed by atoms with Crippen molar-refractivity contribution >= 4 is 39.1 Å². The molecule has 1 saturated heterocycles. The van der Waals surface area contributed by atoms with E-state index in [1.807, 2.05) is 0 Å². The monoisotopic (exact) mass is 364 g/mol. The summed E-state index contributed by atoms with van der Waals surface area (Å²) >= 11 is 11.8. The number of carbonyl (C=O) groups is 1. The first kappa shape index (κ1) is 17.5. The van der Waals surface area contributed by atoms with Crippen molar-refractivity contribution in [1.29, 1.82) is 0 Å². The Morgan fingerprint density at radius 1 is 1.14 bits per heavy atom. The number of carbonyl (C=O) groups excluding carboxylic acids is 1. The van der Waals surface area contributed by atoms with Crippen LogP contribution in [0, 0.1) is 0 Å². The second-order valence-corrected chi connectivity index (χ2v) is 8.15. The van der Waals surface area contributed by atoms with E-state index in [0.717, 1.165) is 0 Å². The zero-order valence-corrected chi connectivity index (χ0v) is 14.6. The maximum atomic E-state index is 12.5. The number of amides is 1. The van der Waals surface area contributed by atoms with Gasteiger partial charge in [0.1, 0.15) is 0 Å². The number of sulfonamides is 1. The van der Waals surface area contributed by atoms with E-state index in [0.29, 0.717) is 48.2 Å². The van der Waals surface area contributed by atoms with Crippen LogP contribution in [0.2, 0.25) is 10.0 Å². The number of halogens is 2. The molecule has 0 bridgehead atoms. The Bertz CT molecular complexity index is 664. The van der Waals surface area contributed by atoms with Crippen molar-refractivity contribution in [1.82, 2.24) is 9.21 Å². The molecule has 5 nitrogen and oxygen atoms in total. The fraction of sp³-hybridized carbons (Fsp3) is 0.500. The number of rotatable bonds is 3. The summed E-state index contributed by atoms with van der Waals surface area (Å²) in [7, 11) is -3.21. The van der Waals surface area contributed by atoms with Gasteiger partial charge in [-0.25, -0.2) is 12.7 Å². The molecule has 8 heteroatoms. The van der Waals surface area contributed by atoms with E-state index in [-0.39, 0.29) is 11.7 Å². The van der Waals surface area contributed by atoms with Crippen LogP contribution in [-0.2, 0) is 10.0 Å². The summed E-state index contributed by atoms with van der Waals surface area (Å²) in [5, 5.41) is 0.729. The number of benzene rings is 1. The number of hydrogen-bond donors (Lipinski definition) is 0. The minimum absolute atomic E-state index is 0.0771. The molecule has 2 rings (SSSR count). The van der Waals surface area contributed by atoms with Crippen molar-refractivity contribution in [2.45, 2.75) is 13.3 Å². The largest absolute Gasteiger partial charge is 0.337 e. The predicted molar refractivity (Wildman–Crippen MR) is 88.0 cm³/mol. The van der Waals surface area contributed by atoms with E-state index in [1.54, 1.807) is 24.0 Å². The van der Waals surface area contributed by atoms with Crippen LogP contribution in [0.4, 0.5) is 0 Å². The minimum atomic E-state index is -3.21. The lowest BCUT2D eigenvalue weighted by atomic mass is 10.2. The van der Waals surface area contributed by atoms with E-state index >= 15 is 0 Å². The summed E-state index contributed by atoms with van der Waals surface area (Å²) in [5.74, 6) is -0.0809. The molecule has 1 aromatic carbocycles. The van der Waals surface area contributed by atoms with Crippen molar-refractivity contribution in [2.24, 2.45) is 0 Å². The van der Waals surface area contributed by atoms with Gasteiger partial charge in [-0.1, -0.05) is 23.2 Å². The Hall–Kier alpha value is -0.820. The fourth-order valence-electron chi connectivity index (χ4n) is 2.37. The number of hydrogen-bond acceptors (Lipinski definition) is 3. The van der Waals surface area contributed by atoms with Crippen molar-refractivity contribution in [3.05, 3.63) is 33.8 Å². The molecule has 0 aliphatic carbocycles. The molecule has 1 fully saturated rings. The van der Waals surface area contributed by atoms with Gasteiger partial charge in [-0.2, -0.15) is 0 Å². The van der Waals surface area contributed by atoms with Crippen LogP contribution >= 0.6 is 23.2 Å². The molecule has 0 saturated carbocycles. The Labute approximate surface area is 140 Å². The van der Waals surface area contributed by atoms with E-state index in [1.165, 1.54) is 10.4 Å². The van der Waals surface area contributed by atoms with Crippen LogP contribution in [0.15, 0.2) is 18.2 Å². The van der Waals surface area contributed by atoms with Crippen LogP contribution in [-0.4, -0.2) is 55.5 Å². The molecule has 0 spiro atoms. The average molecular weight is 365 g/mol. The molecule has 0 radical (unpaired) electrons. The van der Waals surface area contributed by atoms with Gasteiger partial charge in [-0.15, -0.1) is 0 Å². The second-order valence-electron chi connectivity index (χ2n) is 5.07. The standard InChI is InChI=1S/C14H18Cl2N2O3S/c1-2-22(20,21)18-7-3-6-17(8-9-18)14(19)11-4-5-12(15)13(16)10-11/h4-5,10H,2-3,6-9H2,1H3. The van der Waals surface area contributed by atoms with Gasteiger partial charge in [0.15, 0.2) is 0 Å². The van der Waals surface area contributed by atoms with Gasteiger partial charge in [0.25, 0.3) is 5.91 Å². The van der Waals surface area contributed by atoms with E-state index in [9.17, 15) is 13.2 Å². The van der Waals surface area contributed by atoms with Gasteiger partial charge in [0.05, 0.1) is 15.8 Å². The van der Waals surface area contributed by atoms with Crippen molar-refractivity contribution in [3.63, 3.8) is 0 Å². The highest BCUT2D eigenvalue weighted by Crippen LogP contribution is 2.23. The van der Waals surface area contributed by atoms with Gasteiger partial charge in [-0.3, -0.25) is 4.79 Å². The van der Waals surface area contributed by atoms with Crippen LogP contribution in [0.1, 0.15) is 23.7 Å². The Balaban J connectivity index is 2.10. The zero-order chi connectivity index (χ0) is 16.3. The molecule has 0 atom stereocenters. The summed E-state index contributed by atoms with van der Waals surface area (Å²) in [4.78, 5) is 14.2. The topological polar surface area (TPSA) is 57.7 Å². The average Bonchev–Trinajstić information content (AvgIpc) is 2.75. The van der Waals surface area contributed by atoms with Crippen molar-refractivity contribution < 1.29 is 13.2 Å². The van der Waals surface area contributed by atoms with Crippen LogP contribution in [0.25, 0.3) is 0 Å². The highest BCUT2D eigenvalue weighted by molar-refractivity contribution is 7.89. The molecule has 1 heterocycles. The van der Waals surface area contributed by atoms with Crippen LogP contribution < -0.4 is 0 Å². The predicted octanol–water partition coefficient (Wildman–Crippen LogP) is 2.49. The molecule has 0 aromatic heterocycles. The van der Waals surface area contributed by atoms with Gasteiger partial charge >= 0.3 is 0 Å². The first-order valence-corrected chi connectivity index (χ1v) is 9.44. The van der Waals surface area contributed by atoms with Crippen LogP contribution in [0.5, 0.6) is 0 Å². The van der Waals surface area contributed by atoms with Crippen molar-refractivity contribution in [2.75, 3.05) is 31.9 Å². The maximum Gasteiger partial charge on any atom is 0.253 e. The molecule has 0 N–H and O–H groups in total. The van der Waals surface area contributed by atoms with Gasteiger partial charge in [0.2, 0.25) is 10.0 Å². The summed E-state index contributed by atoms with van der Waals surface area (Å²) < 4.78 is 25.3. The van der Waals surface area contributed by atoms with Crippen LogP contribution in [0.3, 0.4) is 0 Å². The molecule has 122 valence electrons.